The van der Waals surface area contributed by atoms with Crippen LogP contribution in [0.5, 0.6) is 0 Å². The minimum atomic E-state index is -4.39. The molecule has 1 heterocycles. The van der Waals surface area contributed by atoms with Crippen LogP contribution in [0.25, 0.3) is 0 Å². The van der Waals surface area contributed by atoms with Crippen LogP contribution >= 0.6 is 0 Å². The van der Waals surface area contributed by atoms with Crippen LogP contribution in [0.3, 0.4) is 0 Å². The van der Waals surface area contributed by atoms with E-state index in [0.29, 0.717) is 5.56 Å². The van der Waals surface area contributed by atoms with Gasteiger partial charge in [0.2, 0.25) is 0 Å². The highest BCUT2D eigenvalue weighted by molar-refractivity contribution is 5.86. The lowest BCUT2D eigenvalue weighted by Crippen LogP contribution is -2.21. The third kappa shape index (κ3) is 3.28. The molecule has 0 fully saturated rings. The van der Waals surface area contributed by atoms with Gasteiger partial charge in [0.05, 0.1) is 12.7 Å². The van der Waals surface area contributed by atoms with E-state index in [1.165, 1.54) is 13.2 Å². The molecule has 20 heavy (non-hydrogen) atoms. The van der Waals surface area contributed by atoms with Gasteiger partial charge in [-0.25, -0.2) is 9.79 Å². The van der Waals surface area contributed by atoms with Crippen molar-refractivity contribution < 1.29 is 27.4 Å². The van der Waals surface area contributed by atoms with Crippen LogP contribution in [-0.4, -0.2) is 31.6 Å². The number of methoxy groups -OCH3 is 1. The number of alkyl halides is 3. The average Bonchev–Trinajstić information content (AvgIpc) is 2.85. The zero-order valence-corrected chi connectivity index (χ0v) is 10.6. The number of carbonyl (C=O) groups is 1. The average molecular weight is 287 g/mol. The molecule has 4 nitrogen and oxygen atoms in total. The molecule has 0 spiro atoms. The number of hydrogen-bond acceptors (Lipinski definition) is 4. The molecule has 1 unspecified atom stereocenters. The van der Waals surface area contributed by atoms with Crippen molar-refractivity contribution in [2.45, 2.75) is 18.6 Å². The molecule has 108 valence electrons. The summed E-state index contributed by atoms with van der Waals surface area (Å²) in [6.07, 6.45) is -4.28. The molecule has 0 aliphatic carbocycles. The Kier molecular flexibility index (Phi) is 3.96. The third-order valence-electron chi connectivity index (χ3n) is 2.79. The lowest BCUT2D eigenvalue weighted by Gasteiger charge is -2.08. The van der Waals surface area contributed by atoms with Crippen LogP contribution in [0.4, 0.5) is 13.2 Å². The minimum Gasteiger partial charge on any atom is -0.478 e. The van der Waals surface area contributed by atoms with Crippen LogP contribution in [0.1, 0.15) is 11.1 Å². The summed E-state index contributed by atoms with van der Waals surface area (Å²) in [6, 6.07) is 4.17. The molecule has 0 N–H and O–H groups in total. The lowest BCUT2D eigenvalue weighted by atomic mass is 10.1. The molecule has 0 bridgehead atoms. The zero-order valence-electron chi connectivity index (χ0n) is 10.6. The summed E-state index contributed by atoms with van der Waals surface area (Å²) in [5.41, 5.74) is -0.304. The number of benzene rings is 1. The molecule has 0 radical (unpaired) electrons. The molecule has 7 heteroatoms. The maximum atomic E-state index is 12.6. The number of nitrogens with zero attached hydrogens (tertiary/aromatic N) is 1. The number of rotatable bonds is 3. The van der Waals surface area contributed by atoms with Gasteiger partial charge in [0.15, 0.2) is 11.9 Å². The Morgan fingerprint density at radius 3 is 2.90 bits per heavy atom. The highest BCUT2D eigenvalue weighted by atomic mass is 19.4. The van der Waals surface area contributed by atoms with Crippen LogP contribution < -0.4 is 0 Å². The minimum absolute atomic E-state index is 0.0565. The fourth-order valence-corrected chi connectivity index (χ4v) is 1.81. The molecule has 1 aliphatic rings. The molecule has 1 aliphatic heterocycles. The van der Waals surface area contributed by atoms with E-state index in [1.807, 2.05) is 0 Å². The fourth-order valence-electron chi connectivity index (χ4n) is 1.81. The van der Waals surface area contributed by atoms with Gasteiger partial charge in [-0.2, -0.15) is 13.2 Å². The number of carbonyl (C=O) groups excluding carboxylic acids is 1. The van der Waals surface area contributed by atoms with Crippen LogP contribution in [0, 0.1) is 0 Å². The number of esters is 1. The molecule has 0 aromatic heterocycles. The van der Waals surface area contributed by atoms with E-state index in [2.05, 4.69) is 9.73 Å². The van der Waals surface area contributed by atoms with Crippen LogP contribution in [-0.2, 0) is 26.9 Å². The van der Waals surface area contributed by atoms with Gasteiger partial charge < -0.3 is 9.47 Å². The zero-order chi connectivity index (χ0) is 14.8. The summed E-state index contributed by atoms with van der Waals surface area (Å²) in [5, 5.41) is 0. The van der Waals surface area contributed by atoms with E-state index >= 15 is 0 Å². The summed E-state index contributed by atoms with van der Waals surface area (Å²) in [6.45, 7) is 0.0565. The van der Waals surface area contributed by atoms with E-state index in [9.17, 15) is 18.0 Å². The summed E-state index contributed by atoms with van der Waals surface area (Å²) >= 11 is 0. The molecule has 1 atom stereocenters. The Hall–Kier alpha value is -2.05. The smallest absolute Gasteiger partial charge is 0.416 e. The first-order valence-corrected chi connectivity index (χ1v) is 5.83. The standard InChI is InChI=1S/C13H12F3NO3/c1-19-12(18)10-7-20-11(17-10)6-8-3-2-4-9(5-8)13(14,15)16/h2-5,10H,6-7H2,1H3. The number of aliphatic imine (C=N–C) groups is 1. The van der Waals surface area contributed by atoms with Crippen molar-refractivity contribution in [3.05, 3.63) is 35.4 Å². The molecule has 0 saturated heterocycles. The predicted molar refractivity (Wildman–Crippen MR) is 64.3 cm³/mol. The van der Waals surface area contributed by atoms with Crippen LogP contribution in [0.15, 0.2) is 29.3 Å². The van der Waals surface area contributed by atoms with Crippen molar-refractivity contribution in [1.82, 2.24) is 0 Å². The maximum Gasteiger partial charge on any atom is 0.416 e. The summed E-state index contributed by atoms with van der Waals surface area (Å²) < 4.78 is 47.4. The highest BCUT2D eigenvalue weighted by Crippen LogP contribution is 2.29. The number of hydrogen-bond donors (Lipinski definition) is 0. The number of ether oxygens (including phenoxy) is 2. The van der Waals surface area contributed by atoms with Gasteiger partial charge in [-0.15, -0.1) is 0 Å². The van der Waals surface area contributed by atoms with E-state index in [-0.39, 0.29) is 18.9 Å². The molecule has 1 aromatic rings. The monoisotopic (exact) mass is 287 g/mol. The molecule has 0 saturated carbocycles. The van der Waals surface area contributed by atoms with Gasteiger partial charge in [0.25, 0.3) is 0 Å². The molecule has 2 rings (SSSR count). The van der Waals surface area contributed by atoms with E-state index < -0.39 is 23.8 Å². The second-order valence-corrected chi connectivity index (χ2v) is 4.25. The maximum absolute atomic E-state index is 12.6. The Labute approximate surface area is 113 Å². The van der Waals surface area contributed by atoms with Gasteiger partial charge in [-0.05, 0) is 11.6 Å². The first-order valence-electron chi connectivity index (χ1n) is 5.83. The second-order valence-electron chi connectivity index (χ2n) is 4.25. The van der Waals surface area contributed by atoms with Gasteiger partial charge in [-0.3, -0.25) is 0 Å². The number of halogens is 3. The summed E-state index contributed by atoms with van der Waals surface area (Å²) in [4.78, 5) is 15.2. The van der Waals surface area contributed by atoms with E-state index in [0.717, 1.165) is 12.1 Å². The quantitative estimate of drug-likeness (QED) is 0.801. The van der Waals surface area contributed by atoms with Crippen molar-refractivity contribution in [3.63, 3.8) is 0 Å². The molecular formula is C13H12F3NO3. The van der Waals surface area contributed by atoms with Crippen molar-refractivity contribution in [2.75, 3.05) is 13.7 Å². The van der Waals surface area contributed by atoms with E-state index in [1.54, 1.807) is 6.07 Å². The van der Waals surface area contributed by atoms with Crippen molar-refractivity contribution in [1.29, 1.82) is 0 Å². The van der Waals surface area contributed by atoms with Crippen LogP contribution in [0.2, 0.25) is 0 Å². The first-order chi connectivity index (χ1) is 9.40. The van der Waals surface area contributed by atoms with Gasteiger partial charge in [0.1, 0.15) is 6.61 Å². The Bertz CT molecular complexity index is 540. The first kappa shape index (κ1) is 14.4. The normalized spacial score (nSPS) is 18.4. The molecular weight excluding hydrogens is 275 g/mol. The van der Waals surface area contributed by atoms with Crippen molar-refractivity contribution in [2.24, 2.45) is 4.99 Å². The SMILES string of the molecule is COC(=O)C1COC(Cc2cccc(C(F)(F)F)c2)=N1. The predicted octanol–water partition coefficient (Wildman–Crippen LogP) is 2.22. The fraction of sp³-hybridized carbons (Fsp3) is 0.385. The van der Waals surface area contributed by atoms with Crippen molar-refractivity contribution >= 4 is 11.9 Å². The van der Waals surface area contributed by atoms with Gasteiger partial charge in [-0.1, -0.05) is 18.2 Å². The summed E-state index contributed by atoms with van der Waals surface area (Å²) in [7, 11) is 1.24. The Morgan fingerprint density at radius 2 is 2.25 bits per heavy atom. The van der Waals surface area contributed by atoms with E-state index in [4.69, 9.17) is 4.74 Å². The Morgan fingerprint density at radius 1 is 1.50 bits per heavy atom. The Balaban J connectivity index is 2.10. The van der Waals surface area contributed by atoms with Gasteiger partial charge >= 0.3 is 12.1 Å². The lowest BCUT2D eigenvalue weighted by molar-refractivity contribution is -0.142. The molecule has 0 amide bonds. The third-order valence-corrected chi connectivity index (χ3v) is 2.79. The van der Waals surface area contributed by atoms with Gasteiger partial charge in [0, 0.05) is 6.42 Å². The summed E-state index contributed by atoms with van der Waals surface area (Å²) in [5.74, 6) is -0.288. The largest absolute Gasteiger partial charge is 0.478 e. The molecule has 1 aromatic carbocycles. The van der Waals surface area contributed by atoms with Crippen molar-refractivity contribution in [3.8, 4) is 0 Å². The second kappa shape index (κ2) is 5.52. The highest BCUT2D eigenvalue weighted by Gasteiger charge is 2.31. The topological polar surface area (TPSA) is 47.9 Å².